The van der Waals surface area contributed by atoms with E-state index in [1.165, 1.54) is 11.0 Å². The quantitative estimate of drug-likeness (QED) is 0.0946. The molecule has 5 atom stereocenters. The zero-order valence-corrected chi connectivity index (χ0v) is 31.4. The van der Waals surface area contributed by atoms with Crippen molar-refractivity contribution >= 4 is 35.6 Å². The van der Waals surface area contributed by atoms with E-state index in [-0.39, 0.29) is 24.4 Å². The minimum absolute atomic E-state index is 0.0440. The third-order valence-electron chi connectivity index (χ3n) is 9.52. The summed E-state index contributed by atoms with van der Waals surface area (Å²) >= 11 is 0. The van der Waals surface area contributed by atoms with Crippen LogP contribution in [0.1, 0.15) is 101 Å². The highest BCUT2D eigenvalue weighted by molar-refractivity contribution is 6.38. The molecule has 0 saturated carbocycles. The topological polar surface area (TPSA) is 169 Å². The van der Waals surface area contributed by atoms with Gasteiger partial charge in [-0.3, -0.25) is 19.2 Å². The lowest BCUT2D eigenvalue weighted by molar-refractivity contribution is -0.144. The van der Waals surface area contributed by atoms with Crippen LogP contribution in [0.25, 0.3) is 0 Å². The molecule has 0 aromatic heterocycles. The molecule has 0 bridgehead atoms. The van der Waals surface area contributed by atoms with E-state index in [0.29, 0.717) is 45.4 Å². The normalized spacial score (nSPS) is 20.2. The lowest BCUT2D eigenvalue weighted by Gasteiger charge is -2.39. The lowest BCUT2D eigenvalue weighted by Crippen LogP contribution is -2.63. The van der Waals surface area contributed by atoms with Crippen molar-refractivity contribution in [2.75, 3.05) is 32.7 Å². The van der Waals surface area contributed by atoms with Crippen LogP contribution in [0.5, 0.6) is 0 Å². The molecule has 278 valence electrons. The zero-order chi connectivity index (χ0) is 37.1. The van der Waals surface area contributed by atoms with Crippen LogP contribution in [-0.2, 0) is 19.2 Å². The van der Waals surface area contributed by atoms with Crippen molar-refractivity contribution in [3.8, 4) is 0 Å². The number of nitrogens with zero attached hydrogens (tertiary/aromatic N) is 2. The first-order chi connectivity index (χ1) is 22.8. The monoisotopic (exact) mass is 689 g/mol. The Morgan fingerprint density at radius 3 is 2.20 bits per heavy atom. The molecule has 13 nitrogen and oxygen atoms in total. The first-order valence-electron chi connectivity index (χ1n) is 18.0. The number of hydrogen-bond donors (Lipinski definition) is 5. The average Bonchev–Trinajstić information content (AvgIpc) is 3.47. The van der Waals surface area contributed by atoms with Crippen molar-refractivity contribution in [3.63, 3.8) is 0 Å². The Balaban J connectivity index is 2.33. The van der Waals surface area contributed by atoms with E-state index in [1.54, 1.807) is 4.90 Å². The van der Waals surface area contributed by atoms with Crippen LogP contribution in [0.2, 0.25) is 0 Å². The molecule has 2 aliphatic rings. The van der Waals surface area contributed by atoms with Gasteiger partial charge in [0.2, 0.25) is 17.6 Å². The van der Waals surface area contributed by atoms with Gasteiger partial charge in [-0.1, -0.05) is 87.7 Å². The minimum atomic E-state index is -1.03. The first-order valence-corrected chi connectivity index (χ1v) is 18.0. The Kier molecular flexibility index (Phi) is 15.6. The van der Waals surface area contributed by atoms with Gasteiger partial charge in [0.25, 0.3) is 5.91 Å². The standard InChI is InChI=1S/C36H63N7O6/c1-11-13-14-16-25(28(44)31(46)37-18-12-2)39-30(45)27-24(23(3)4)17-21-43(27)32(47)29(36(8,9)10)41-33(48)40-26(35(5,6)7)22-42-20-15-19-38-34(42)49/h12,23-27,29H,2,11,13-22H2,1,3-10H3,(H,37,46)(H,38,49)(H,39,45)(H2,40,41,48)/t24-,25?,26-,27+,29-/m1/s1. The summed E-state index contributed by atoms with van der Waals surface area (Å²) in [5.41, 5.74) is -1.12. The molecule has 2 aliphatic heterocycles. The van der Waals surface area contributed by atoms with Gasteiger partial charge in [-0.25, -0.2) is 9.59 Å². The number of hydrogen-bond acceptors (Lipinski definition) is 6. The summed E-state index contributed by atoms with van der Waals surface area (Å²) in [7, 11) is 0. The SMILES string of the molecule is C=CCNC(=O)C(=O)C(CCCCC)NC(=O)[C@@H]1[C@@H](C(C)C)CCN1C(=O)[C@@H](NC(=O)N[C@H](CN1CCCNC1=O)C(C)(C)C)C(C)(C)C. The third-order valence-corrected chi connectivity index (χ3v) is 9.52. The van der Waals surface area contributed by atoms with E-state index < -0.39 is 64.5 Å². The predicted octanol–water partition coefficient (Wildman–Crippen LogP) is 3.34. The molecule has 1 unspecified atom stereocenters. The maximum absolute atomic E-state index is 14.4. The molecule has 13 heteroatoms. The number of likely N-dealkylation sites (tertiary alicyclic amines) is 1. The van der Waals surface area contributed by atoms with E-state index in [1.807, 2.05) is 62.3 Å². The number of rotatable bonds is 16. The van der Waals surface area contributed by atoms with Crippen LogP contribution in [0, 0.1) is 22.7 Å². The largest absolute Gasteiger partial charge is 0.346 e. The molecule has 7 amide bonds. The Bertz CT molecular complexity index is 1190. The van der Waals surface area contributed by atoms with Crippen molar-refractivity contribution in [2.45, 2.75) is 125 Å². The molecule has 2 saturated heterocycles. The number of nitrogens with one attached hydrogen (secondary N) is 5. The molecule has 2 rings (SSSR count). The molecule has 2 fully saturated rings. The molecular formula is C36H63N7O6. The number of carbonyl (C=O) groups excluding carboxylic acids is 6. The van der Waals surface area contributed by atoms with E-state index in [9.17, 15) is 28.8 Å². The van der Waals surface area contributed by atoms with E-state index >= 15 is 0 Å². The third kappa shape index (κ3) is 12.0. The molecule has 2 heterocycles. The maximum atomic E-state index is 14.4. The van der Waals surface area contributed by atoms with Gasteiger partial charge < -0.3 is 36.4 Å². The first kappa shape index (κ1) is 41.5. The Labute approximate surface area is 293 Å². The maximum Gasteiger partial charge on any atom is 0.317 e. The summed E-state index contributed by atoms with van der Waals surface area (Å²) in [6.45, 7) is 23.0. The number of Topliss-reactive ketones (excluding diaryl/α,β-unsaturated/α-hetero) is 1. The summed E-state index contributed by atoms with van der Waals surface area (Å²) in [5, 5.41) is 14.1. The molecule has 0 aliphatic carbocycles. The van der Waals surface area contributed by atoms with Gasteiger partial charge in [-0.15, -0.1) is 6.58 Å². The fourth-order valence-electron chi connectivity index (χ4n) is 6.39. The number of unbranched alkanes of at least 4 members (excludes halogenated alkanes) is 2. The van der Waals surface area contributed by atoms with Crippen LogP contribution >= 0.6 is 0 Å². The second-order valence-electron chi connectivity index (χ2n) is 16.0. The lowest BCUT2D eigenvalue weighted by atomic mass is 9.84. The Hall–Kier alpha value is -3.64. The van der Waals surface area contributed by atoms with Crippen molar-refractivity contribution in [1.82, 2.24) is 36.4 Å². The Morgan fingerprint density at radius 2 is 1.65 bits per heavy atom. The molecule has 0 aromatic carbocycles. The van der Waals surface area contributed by atoms with Crippen LogP contribution in [0.4, 0.5) is 9.59 Å². The molecule has 5 N–H and O–H groups in total. The summed E-state index contributed by atoms with van der Waals surface area (Å²) in [6, 6.07) is -4.03. The molecular weight excluding hydrogens is 626 g/mol. The molecule has 0 radical (unpaired) electrons. The second kappa shape index (κ2) is 18.4. The molecule has 49 heavy (non-hydrogen) atoms. The number of ketones is 1. The summed E-state index contributed by atoms with van der Waals surface area (Å²) in [4.78, 5) is 83.5. The van der Waals surface area contributed by atoms with Gasteiger partial charge in [-0.05, 0) is 41.9 Å². The van der Waals surface area contributed by atoms with E-state index in [4.69, 9.17) is 0 Å². The van der Waals surface area contributed by atoms with Crippen molar-refractivity contribution in [3.05, 3.63) is 12.7 Å². The average molecular weight is 690 g/mol. The highest BCUT2D eigenvalue weighted by atomic mass is 16.2. The van der Waals surface area contributed by atoms with Gasteiger partial charge in [-0.2, -0.15) is 0 Å². The second-order valence-corrected chi connectivity index (χ2v) is 16.0. The number of amides is 7. The van der Waals surface area contributed by atoms with E-state index in [2.05, 4.69) is 33.2 Å². The van der Waals surface area contributed by atoms with Gasteiger partial charge >= 0.3 is 12.1 Å². The van der Waals surface area contributed by atoms with Crippen LogP contribution in [0.15, 0.2) is 12.7 Å². The van der Waals surface area contributed by atoms with Crippen LogP contribution in [-0.4, -0.2) is 102 Å². The predicted molar refractivity (Wildman–Crippen MR) is 190 cm³/mol. The smallest absolute Gasteiger partial charge is 0.317 e. The summed E-state index contributed by atoms with van der Waals surface area (Å²) < 4.78 is 0. The fourth-order valence-corrected chi connectivity index (χ4v) is 6.39. The van der Waals surface area contributed by atoms with Gasteiger partial charge in [0.15, 0.2) is 0 Å². The Morgan fingerprint density at radius 1 is 0.980 bits per heavy atom. The summed E-state index contributed by atoms with van der Waals surface area (Å²) in [6.07, 6.45) is 5.53. The highest BCUT2D eigenvalue weighted by Crippen LogP contribution is 2.33. The molecule has 0 aromatic rings. The fraction of sp³-hybridized carbons (Fsp3) is 0.778. The zero-order valence-electron chi connectivity index (χ0n) is 31.4. The van der Waals surface area contributed by atoms with Crippen molar-refractivity contribution < 1.29 is 28.8 Å². The summed E-state index contributed by atoms with van der Waals surface area (Å²) in [5.74, 6) is -2.56. The van der Waals surface area contributed by atoms with Gasteiger partial charge in [0.05, 0.1) is 12.1 Å². The van der Waals surface area contributed by atoms with Crippen LogP contribution in [0.3, 0.4) is 0 Å². The molecule has 0 spiro atoms. The van der Waals surface area contributed by atoms with Gasteiger partial charge in [0, 0.05) is 32.7 Å². The number of carbonyl (C=O) groups is 6. The van der Waals surface area contributed by atoms with E-state index in [0.717, 1.165) is 19.3 Å². The van der Waals surface area contributed by atoms with Crippen molar-refractivity contribution in [1.29, 1.82) is 0 Å². The highest BCUT2D eigenvalue weighted by Gasteiger charge is 2.48. The number of urea groups is 2. The van der Waals surface area contributed by atoms with Crippen molar-refractivity contribution in [2.24, 2.45) is 22.7 Å². The minimum Gasteiger partial charge on any atom is -0.346 e. The van der Waals surface area contributed by atoms with Gasteiger partial charge in [0.1, 0.15) is 12.1 Å². The van der Waals surface area contributed by atoms with Crippen LogP contribution < -0.4 is 26.6 Å².